The SMILES string of the molecule is CN1CC2CN(c3nccc(C#N)n3)CC2C1. The number of rotatable bonds is 1. The minimum absolute atomic E-state index is 0.448. The minimum atomic E-state index is 0.448. The molecule has 0 bridgehead atoms. The third-order valence-electron chi connectivity index (χ3n) is 3.71. The number of likely N-dealkylation sites (tertiary alicyclic amines) is 1. The summed E-state index contributed by atoms with van der Waals surface area (Å²) in [5, 5.41) is 8.84. The Morgan fingerprint density at radius 1 is 1.29 bits per heavy atom. The van der Waals surface area contributed by atoms with Crippen LogP contribution in [-0.2, 0) is 0 Å². The van der Waals surface area contributed by atoms with Crippen LogP contribution >= 0.6 is 0 Å². The van der Waals surface area contributed by atoms with Crippen LogP contribution in [-0.4, -0.2) is 48.1 Å². The fraction of sp³-hybridized carbons (Fsp3) is 0.583. The van der Waals surface area contributed by atoms with E-state index in [1.54, 1.807) is 12.3 Å². The van der Waals surface area contributed by atoms with Gasteiger partial charge in [0, 0.05) is 32.4 Å². The molecule has 1 aromatic heterocycles. The minimum Gasteiger partial charge on any atom is -0.340 e. The fourth-order valence-electron chi connectivity index (χ4n) is 2.95. The van der Waals surface area contributed by atoms with Crippen molar-refractivity contribution in [3.05, 3.63) is 18.0 Å². The lowest BCUT2D eigenvalue weighted by molar-refractivity contribution is 0.386. The van der Waals surface area contributed by atoms with Gasteiger partial charge >= 0.3 is 0 Å². The van der Waals surface area contributed by atoms with Crippen molar-refractivity contribution in [2.45, 2.75) is 0 Å². The number of aromatic nitrogens is 2. The smallest absolute Gasteiger partial charge is 0.226 e. The van der Waals surface area contributed by atoms with Gasteiger partial charge < -0.3 is 9.80 Å². The van der Waals surface area contributed by atoms with E-state index >= 15 is 0 Å². The molecule has 5 heteroatoms. The molecule has 17 heavy (non-hydrogen) atoms. The summed E-state index contributed by atoms with van der Waals surface area (Å²) in [6.07, 6.45) is 1.67. The van der Waals surface area contributed by atoms with Gasteiger partial charge in [-0.25, -0.2) is 9.97 Å². The summed E-state index contributed by atoms with van der Waals surface area (Å²) in [4.78, 5) is 13.1. The van der Waals surface area contributed by atoms with E-state index in [4.69, 9.17) is 5.26 Å². The van der Waals surface area contributed by atoms with Crippen molar-refractivity contribution >= 4 is 5.95 Å². The van der Waals surface area contributed by atoms with Crippen LogP contribution in [0.1, 0.15) is 5.69 Å². The Balaban J connectivity index is 1.77. The van der Waals surface area contributed by atoms with E-state index in [1.165, 1.54) is 13.1 Å². The van der Waals surface area contributed by atoms with Gasteiger partial charge in [0.05, 0.1) is 0 Å². The van der Waals surface area contributed by atoms with Crippen molar-refractivity contribution in [2.24, 2.45) is 11.8 Å². The van der Waals surface area contributed by atoms with E-state index in [9.17, 15) is 0 Å². The van der Waals surface area contributed by atoms with Crippen LogP contribution in [0.4, 0.5) is 5.95 Å². The van der Waals surface area contributed by atoms with Gasteiger partial charge in [0.1, 0.15) is 11.8 Å². The highest BCUT2D eigenvalue weighted by atomic mass is 15.3. The normalized spacial score (nSPS) is 28.1. The van der Waals surface area contributed by atoms with Crippen LogP contribution in [0.25, 0.3) is 0 Å². The maximum atomic E-state index is 8.84. The number of nitrogens with zero attached hydrogens (tertiary/aromatic N) is 5. The molecule has 0 N–H and O–H groups in total. The highest BCUT2D eigenvalue weighted by molar-refractivity contribution is 5.35. The molecule has 0 saturated carbocycles. The Morgan fingerprint density at radius 3 is 2.65 bits per heavy atom. The molecule has 3 heterocycles. The molecule has 2 aliphatic rings. The summed E-state index contributed by atoms with van der Waals surface area (Å²) in [5.41, 5.74) is 0.448. The van der Waals surface area contributed by atoms with Crippen LogP contribution in [0, 0.1) is 23.2 Å². The summed E-state index contributed by atoms with van der Waals surface area (Å²) < 4.78 is 0. The lowest BCUT2D eigenvalue weighted by atomic mass is 10.0. The zero-order valence-corrected chi connectivity index (χ0v) is 9.87. The number of anilines is 1. The Kier molecular flexibility index (Phi) is 2.45. The molecule has 2 fully saturated rings. The number of hydrogen-bond acceptors (Lipinski definition) is 5. The zero-order valence-electron chi connectivity index (χ0n) is 9.87. The summed E-state index contributed by atoms with van der Waals surface area (Å²) in [5.74, 6) is 2.17. The van der Waals surface area contributed by atoms with Crippen LogP contribution in [0.5, 0.6) is 0 Å². The summed E-state index contributed by atoms with van der Waals surface area (Å²) in [7, 11) is 2.18. The molecule has 1 aromatic rings. The first-order valence-electron chi connectivity index (χ1n) is 5.93. The number of nitriles is 1. The fourth-order valence-corrected chi connectivity index (χ4v) is 2.95. The van der Waals surface area contributed by atoms with Crippen molar-refractivity contribution in [3.63, 3.8) is 0 Å². The molecule has 2 saturated heterocycles. The highest BCUT2D eigenvalue weighted by Gasteiger charge is 2.39. The number of fused-ring (bicyclic) bond motifs is 1. The van der Waals surface area contributed by atoms with Gasteiger partial charge in [-0.2, -0.15) is 5.26 Å². The predicted octanol–water partition coefficient (Wildman–Crippen LogP) is 0.346. The monoisotopic (exact) mass is 229 g/mol. The lowest BCUT2D eigenvalue weighted by Crippen LogP contribution is -2.28. The van der Waals surface area contributed by atoms with Gasteiger partial charge in [-0.3, -0.25) is 0 Å². The Labute approximate surface area is 101 Å². The molecule has 2 unspecified atom stereocenters. The van der Waals surface area contributed by atoms with E-state index in [-0.39, 0.29) is 0 Å². The molecule has 2 atom stereocenters. The molecule has 0 amide bonds. The summed E-state index contributed by atoms with van der Waals surface area (Å²) in [6.45, 7) is 4.37. The molecule has 0 aromatic carbocycles. The molecule has 0 aliphatic carbocycles. The molecule has 3 rings (SSSR count). The van der Waals surface area contributed by atoms with Gasteiger partial charge in [-0.1, -0.05) is 0 Å². The average Bonchev–Trinajstić information content (AvgIpc) is 2.86. The molecular formula is C12H15N5. The first kappa shape index (κ1) is 10.5. The first-order valence-corrected chi connectivity index (χ1v) is 5.93. The zero-order chi connectivity index (χ0) is 11.8. The van der Waals surface area contributed by atoms with Gasteiger partial charge in [0.2, 0.25) is 5.95 Å². The average molecular weight is 229 g/mol. The number of hydrogen-bond donors (Lipinski definition) is 0. The molecule has 0 radical (unpaired) electrons. The second-order valence-electron chi connectivity index (χ2n) is 5.00. The van der Waals surface area contributed by atoms with Crippen molar-refractivity contribution in [3.8, 4) is 6.07 Å². The second kappa shape index (κ2) is 3.97. The van der Waals surface area contributed by atoms with E-state index < -0.39 is 0 Å². The second-order valence-corrected chi connectivity index (χ2v) is 5.00. The van der Waals surface area contributed by atoms with Crippen LogP contribution in [0.15, 0.2) is 12.3 Å². The molecule has 0 spiro atoms. The lowest BCUT2D eigenvalue weighted by Gasteiger charge is -2.18. The van der Waals surface area contributed by atoms with E-state index in [2.05, 4.69) is 32.9 Å². The molecule has 2 aliphatic heterocycles. The predicted molar refractivity (Wildman–Crippen MR) is 63.4 cm³/mol. The van der Waals surface area contributed by atoms with Gasteiger partial charge in [-0.15, -0.1) is 0 Å². The van der Waals surface area contributed by atoms with E-state index in [0.29, 0.717) is 11.6 Å². The largest absolute Gasteiger partial charge is 0.340 e. The maximum absolute atomic E-state index is 8.84. The van der Waals surface area contributed by atoms with Crippen molar-refractivity contribution in [1.82, 2.24) is 14.9 Å². The third-order valence-corrected chi connectivity index (χ3v) is 3.71. The van der Waals surface area contributed by atoms with Gasteiger partial charge in [0.15, 0.2) is 0 Å². The third kappa shape index (κ3) is 1.85. The Bertz CT molecular complexity index is 452. The first-order chi connectivity index (χ1) is 8.26. The van der Waals surface area contributed by atoms with Crippen molar-refractivity contribution < 1.29 is 0 Å². The van der Waals surface area contributed by atoms with Crippen LogP contribution < -0.4 is 4.90 Å². The highest BCUT2D eigenvalue weighted by Crippen LogP contribution is 2.31. The Hall–Kier alpha value is -1.67. The molecule has 88 valence electrons. The van der Waals surface area contributed by atoms with Crippen LogP contribution in [0.3, 0.4) is 0 Å². The topological polar surface area (TPSA) is 56.0 Å². The molecular weight excluding hydrogens is 214 g/mol. The molecule has 5 nitrogen and oxygen atoms in total. The van der Waals surface area contributed by atoms with Gasteiger partial charge in [0.25, 0.3) is 0 Å². The standard InChI is InChI=1S/C12H15N5/c1-16-5-9-7-17(8-10(9)6-16)12-14-3-2-11(4-13)15-12/h2-3,9-10H,5-8H2,1H3. The van der Waals surface area contributed by atoms with Crippen LogP contribution in [0.2, 0.25) is 0 Å². The Morgan fingerprint density at radius 2 is 2.00 bits per heavy atom. The summed E-state index contributed by atoms with van der Waals surface area (Å²) in [6, 6.07) is 3.71. The van der Waals surface area contributed by atoms with Crippen molar-refractivity contribution in [1.29, 1.82) is 5.26 Å². The quantitative estimate of drug-likeness (QED) is 0.695. The van der Waals surface area contributed by atoms with Crippen molar-refractivity contribution in [2.75, 3.05) is 38.1 Å². The van der Waals surface area contributed by atoms with Gasteiger partial charge in [-0.05, 0) is 24.9 Å². The van der Waals surface area contributed by atoms with E-state index in [0.717, 1.165) is 24.9 Å². The van der Waals surface area contributed by atoms with E-state index in [1.807, 2.05) is 0 Å². The maximum Gasteiger partial charge on any atom is 0.226 e. The summed E-state index contributed by atoms with van der Waals surface area (Å²) >= 11 is 0.